The molecule has 0 aromatic heterocycles. The van der Waals surface area contributed by atoms with Gasteiger partial charge in [-0.05, 0) is 26.0 Å². The van der Waals surface area contributed by atoms with Crippen LogP contribution in [0.3, 0.4) is 0 Å². The Labute approximate surface area is 103 Å². The molecule has 1 aromatic rings. The number of hydrogen-bond acceptors (Lipinski definition) is 3. The van der Waals surface area contributed by atoms with Crippen LogP contribution in [0, 0.1) is 17.5 Å². The fourth-order valence-electron chi connectivity index (χ4n) is 1.24. The predicted octanol–water partition coefficient (Wildman–Crippen LogP) is 2.69. The van der Waals surface area contributed by atoms with Gasteiger partial charge in [-0.1, -0.05) is 0 Å². The standard InChI is InChI=1S/C12H13F3O3/c1-3-17-6-7(2)18-12(16)8-4-9(13)11(15)10(14)5-8/h4-5,7H,3,6H2,1-2H3. The van der Waals surface area contributed by atoms with Gasteiger partial charge in [0.1, 0.15) is 6.10 Å². The van der Waals surface area contributed by atoms with Crippen molar-refractivity contribution in [2.75, 3.05) is 13.2 Å². The molecule has 0 aliphatic rings. The number of benzene rings is 1. The quantitative estimate of drug-likeness (QED) is 0.604. The zero-order valence-corrected chi connectivity index (χ0v) is 10.0. The van der Waals surface area contributed by atoms with Crippen LogP contribution < -0.4 is 0 Å². The molecule has 0 aliphatic heterocycles. The normalized spacial score (nSPS) is 12.3. The van der Waals surface area contributed by atoms with Crippen LogP contribution in [0.5, 0.6) is 0 Å². The van der Waals surface area contributed by atoms with E-state index in [-0.39, 0.29) is 12.2 Å². The topological polar surface area (TPSA) is 35.5 Å². The second-order valence-electron chi connectivity index (χ2n) is 3.63. The van der Waals surface area contributed by atoms with Gasteiger partial charge in [-0.15, -0.1) is 0 Å². The average Bonchev–Trinajstić information content (AvgIpc) is 2.32. The average molecular weight is 262 g/mol. The van der Waals surface area contributed by atoms with Crippen molar-refractivity contribution in [3.8, 4) is 0 Å². The highest BCUT2D eigenvalue weighted by Crippen LogP contribution is 2.15. The van der Waals surface area contributed by atoms with Crippen molar-refractivity contribution < 1.29 is 27.4 Å². The summed E-state index contributed by atoms with van der Waals surface area (Å²) >= 11 is 0. The Kier molecular flexibility index (Phi) is 5.15. The number of esters is 1. The first-order valence-electron chi connectivity index (χ1n) is 5.39. The molecule has 0 aliphatic carbocycles. The molecular weight excluding hydrogens is 249 g/mol. The van der Waals surface area contributed by atoms with Gasteiger partial charge >= 0.3 is 5.97 Å². The van der Waals surface area contributed by atoms with Gasteiger partial charge in [0.05, 0.1) is 12.2 Å². The van der Waals surface area contributed by atoms with Gasteiger partial charge in [0.25, 0.3) is 0 Å². The first-order valence-corrected chi connectivity index (χ1v) is 5.39. The van der Waals surface area contributed by atoms with E-state index in [1.165, 1.54) is 0 Å². The third-order valence-electron chi connectivity index (χ3n) is 2.08. The first-order chi connectivity index (χ1) is 8.45. The highest BCUT2D eigenvalue weighted by molar-refractivity contribution is 5.89. The summed E-state index contributed by atoms with van der Waals surface area (Å²) in [5.74, 6) is -5.41. The molecule has 0 spiro atoms. The summed E-state index contributed by atoms with van der Waals surface area (Å²) in [4.78, 5) is 11.5. The maximum Gasteiger partial charge on any atom is 0.338 e. The van der Waals surface area contributed by atoms with E-state index in [1.54, 1.807) is 13.8 Å². The molecular formula is C12H13F3O3. The van der Waals surface area contributed by atoms with Crippen LogP contribution in [-0.2, 0) is 9.47 Å². The van der Waals surface area contributed by atoms with Crippen molar-refractivity contribution in [2.45, 2.75) is 20.0 Å². The third-order valence-corrected chi connectivity index (χ3v) is 2.08. The minimum atomic E-state index is -1.62. The minimum absolute atomic E-state index is 0.175. The molecule has 0 amide bonds. The highest BCUT2D eigenvalue weighted by atomic mass is 19.2. The minimum Gasteiger partial charge on any atom is -0.457 e. The van der Waals surface area contributed by atoms with Gasteiger partial charge < -0.3 is 9.47 Å². The monoisotopic (exact) mass is 262 g/mol. The van der Waals surface area contributed by atoms with Crippen molar-refractivity contribution in [1.29, 1.82) is 0 Å². The van der Waals surface area contributed by atoms with Crippen molar-refractivity contribution >= 4 is 5.97 Å². The summed E-state index contributed by atoms with van der Waals surface area (Å²) in [7, 11) is 0. The Hall–Kier alpha value is -1.56. The SMILES string of the molecule is CCOCC(C)OC(=O)c1cc(F)c(F)c(F)c1. The molecule has 18 heavy (non-hydrogen) atoms. The predicted molar refractivity (Wildman–Crippen MR) is 57.7 cm³/mol. The Morgan fingerprint density at radius 2 is 1.83 bits per heavy atom. The van der Waals surface area contributed by atoms with E-state index in [4.69, 9.17) is 9.47 Å². The molecule has 0 saturated heterocycles. The molecule has 1 rings (SSSR count). The summed E-state index contributed by atoms with van der Waals surface area (Å²) in [5.41, 5.74) is -0.380. The molecule has 3 nitrogen and oxygen atoms in total. The van der Waals surface area contributed by atoms with E-state index in [9.17, 15) is 18.0 Å². The number of halogens is 3. The molecule has 100 valence electrons. The molecule has 1 atom stereocenters. The summed E-state index contributed by atoms with van der Waals surface area (Å²) in [6.45, 7) is 3.99. The van der Waals surface area contributed by atoms with E-state index < -0.39 is 29.5 Å². The summed E-state index contributed by atoms with van der Waals surface area (Å²) in [6.07, 6.45) is -0.561. The second kappa shape index (κ2) is 6.39. The molecule has 0 fully saturated rings. The molecule has 0 heterocycles. The fourth-order valence-corrected chi connectivity index (χ4v) is 1.24. The maximum absolute atomic E-state index is 12.9. The van der Waals surface area contributed by atoms with E-state index in [1.807, 2.05) is 0 Å². The zero-order valence-electron chi connectivity index (χ0n) is 10.0. The Bertz CT molecular complexity index is 412. The molecule has 1 aromatic carbocycles. The Balaban J connectivity index is 2.73. The van der Waals surface area contributed by atoms with Gasteiger partial charge in [0.2, 0.25) is 0 Å². The van der Waals surface area contributed by atoms with Crippen LogP contribution in [0.15, 0.2) is 12.1 Å². The van der Waals surface area contributed by atoms with Crippen LogP contribution in [-0.4, -0.2) is 25.3 Å². The number of ether oxygens (including phenoxy) is 2. The lowest BCUT2D eigenvalue weighted by molar-refractivity contribution is 0.00430. The van der Waals surface area contributed by atoms with Gasteiger partial charge in [-0.25, -0.2) is 18.0 Å². The van der Waals surface area contributed by atoms with Crippen LogP contribution in [0.1, 0.15) is 24.2 Å². The molecule has 1 unspecified atom stereocenters. The maximum atomic E-state index is 12.9. The van der Waals surface area contributed by atoms with E-state index >= 15 is 0 Å². The van der Waals surface area contributed by atoms with E-state index in [0.717, 1.165) is 0 Å². The number of rotatable bonds is 5. The Morgan fingerprint density at radius 1 is 1.28 bits per heavy atom. The molecule has 6 heteroatoms. The van der Waals surface area contributed by atoms with Gasteiger partial charge in [-0.2, -0.15) is 0 Å². The first kappa shape index (κ1) is 14.5. The lowest BCUT2D eigenvalue weighted by atomic mass is 10.2. The van der Waals surface area contributed by atoms with Gasteiger partial charge in [0.15, 0.2) is 17.5 Å². The lowest BCUT2D eigenvalue weighted by Gasteiger charge is -2.13. The number of hydrogen-bond donors (Lipinski definition) is 0. The van der Waals surface area contributed by atoms with E-state index in [2.05, 4.69) is 0 Å². The van der Waals surface area contributed by atoms with Crippen molar-refractivity contribution in [1.82, 2.24) is 0 Å². The third kappa shape index (κ3) is 3.73. The number of carbonyl (C=O) groups is 1. The van der Waals surface area contributed by atoms with Crippen molar-refractivity contribution in [2.24, 2.45) is 0 Å². The van der Waals surface area contributed by atoms with Crippen molar-refractivity contribution in [3.05, 3.63) is 35.1 Å². The molecule has 0 bridgehead atoms. The van der Waals surface area contributed by atoms with Gasteiger partial charge in [-0.3, -0.25) is 0 Å². The van der Waals surface area contributed by atoms with Crippen LogP contribution in [0.25, 0.3) is 0 Å². The van der Waals surface area contributed by atoms with Crippen LogP contribution in [0.4, 0.5) is 13.2 Å². The molecule has 0 saturated carbocycles. The second-order valence-corrected chi connectivity index (χ2v) is 3.63. The largest absolute Gasteiger partial charge is 0.457 e. The summed E-state index contributed by atoms with van der Waals surface area (Å²) in [5, 5.41) is 0. The highest BCUT2D eigenvalue weighted by Gasteiger charge is 2.17. The van der Waals surface area contributed by atoms with E-state index in [0.29, 0.717) is 18.7 Å². The zero-order chi connectivity index (χ0) is 13.7. The molecule has 0 N–H and O–H groups in total. The Morgan fingerprint density at radius 3 is 2.33 bits per heavy atom. The van der Waals surface area contributed by atoms with Crippen LogP contribution >= 0.6 is 0 Å². The van der Waals surface area contributed by atoms with Gasteiger partial charge in [0, 0.05) is 6.61 Å². The molecule has 0 radical (unpaired) electrons. The summed E-state index contributed by atoms with van der Waals surface area (Å²) < 4.78 is 48.3. The lowest BCUT2D eigenvalue weighted by Crippen LogP contribution is -2.20. The smallest absolute Gasteiger partial charge is 0.338 e. The fraction of sp³-hybridized carbons (Fsp3) is 0.417. The number of carbonyl (C=O) groups excluding carboxylic acids is 1. The summed E-state index contributed by atoms with van der Waals surface area (Å²) in [6, 6.07) is 1.18. The van der Waals surface area contributed by atoms with Crippen LogP contribution in [0.2, 0.25) is 0 Å². The van der Waals surface area contributed by atoms with Crippen molar-refractivity contribution in [3.63, 3.8) is 0 Å².